The molecule has 0 spiro atoms. The molecule has 5 aromatic rings. The molecular weight excluding hydrogens is 738 g/mol. The highest BCUT2D eigenvalue weighted by molar-refractivity contribution is 6.22. The van der Waals surface area contributed by atoms with Crippen molar-refractivity contribution < 1.29 is 49.7 Å². The summed E-state index contributed by atoms with van der Waals surface area (Å²) in [5, 5.41) is 23.2. The SMILES string of the molecule is O=C1c2ccccc2C(=O)N1C[C@@H](Cn1ccnc1[N+](=O)[O-])ON1C(=O)c2ccccc2C1=O.O=C1c2ccccc2C(=O)N1OCCn1ccnc1[N+](=O)[O-].[HH]. The van der Waals surface area contributed by atoms with E-state index in [0.29, 0.717) is 10.1 Å². The second kappa shape index (κ2) is 14.9. The third kappa shape index (κ3) is 6.65. The number of carbonyl (C=O) groups is 6. The second-order valence-corrected chi connectivity index (χ2v) is 12.0. The van der Waals surface area contributed by atoms with E-state index in [2.05, 4.69) is 9.97 Å². The molecule has 3 aromatic carbocycles. The lowest BCUT2D eigenvalue weighted by molar-refractivity contribution is -0.397. The average Bonchev–Trinajstić information content (AvgIpc) is 4.01. The average molecular weight is 766 g/mol. The number of aromatic nitrogens is 4. The van der Waals surface area contributed by atoms with Crippen molar-refractivity contribution in [2.24, 2.45) is 0 Å². The molecule has 0 fully saturated rings. The highest BCUT2D eigenvalue weighted by Crippen LogP contribution is 2.27. The number of imidazole rings is 2. The quantitative estimate of drug-likeness (QED) is 0.101. The largest absolute Gasteiger partial charge is 0.434 e. The van der Waals surface area contributed by atoms with E-state index < -0.39 is 57.3 Å². The van der Waals surface area contributed by atoms with Gasteiger partial charge in [0, 0.05) is 1.43 Å². The molecular formula is C35H27N9O12. The number of nitrogens with zero attached hydrogens (tertiary/aromatic N) is 9. The van der Waals surface area contributed by atoms with Gasteiger partial charge in [-0.05, 0) is 46.2 Å². The maximum Gasteiger partial charge on any atom is 0.434 e. The molecule has 0 aliphatic carbocycles. The van der Waals surface area contributed by atoms with E-state index in [0.717, 1.165) is 9.47 Å². The molecule has 0 N–H and O–H groups in total. The van der Waals surface area contributed by atoms with Crippen LogP contribution in [0.1, 0.15) is 63.6 Å². The number of rotatable bonds is 12. The first-order valence-corrected chi connectivity index (χ1v) is 16.5. The minimum Gasteiger partial charge on any atom is -0.390 e. The number of hydrogen-bond acceptors (Lipinski definition) is 14. The van der Waals surface area contributed by atoms with Gasteiger partial charge in [0.25, 0.3) is 35.4 Å². The summed E-state index contributed by atoms with van der Waals surface area (Å²) < 4.78 is 2.40. The van der Waals surface area contributed by atoms with Crippen molar-refractivity contribution in [2.45, 2.75) is 19.2 Å². The second-order valence-electron chi connectivity index (χ2n) is 12.0. The monoisotopic (exact) mass is 765 g/mol. The van der Waals surface area contributed by atoms with E-state index in [4.69, 9.17) is 9.68 Å². The Bertz CT molecular complexity index is 2300. The molecule has 21 heteroatoms. The summed E-state index contributed by atoms with van der Waals surface area (Å²) in [4.78, 5) is 115. The predicted molar refractivity (Wildman–Crippen MR) is 186 cm³/mol. The Kier molecular flexibility index (Phi) is 9.75. The molecule has 0 bridgehead atoms. The minimum atomic E-state index is -1.18. The van der Waals surface area contributed by atoms with E-state index in [-0.39, 0.29) is 67.0 Å². The number of hydroxylamine groups is 4. The first-order valence-electron chi connectivity index (χ1n) is 16.5. The van der Waals surface area contributed by atoms with Crippen LogP contribution in [-0.2, 0) is 22.8 Å². The van der Waals surface area contributed by atoms with Crippen LogP contribution in [0.3, 0.4) is 0 Å². The molecule has 8 rings (SSSR count). The van der Waals surface area contributed by atoms with Crippen LogP contribution in [0.25, 0.3) is 0 Å². The number of carbonyl (C=O) groups excluding carboxylic acids is 6. The van der Waals surface area contributed by atoms with Crippen molar-refractivity contribution in [3.8, 4) is 0 Å². The van der Waals surface area contributed by atoms with Crippen LogP contribution >= 0.6 is 0 Å². The first kappa shape index (κ1) is 36.6. The fourth-order valence-electron chi connectivity index (χ4n) is 6.14. The topological polar surface area (TPSA) is 253 Å². The molecule has 284 valence electrons. The standard InChI is InChI=1S/C22H15N5O7.C13H10N4O5.H2/c28-18-14-5-1-2-6-15(14)19(29)25(18)12-13(11-24-10-9-23-22(24)27(32)33)34-26-20(30)16-7-3-4-8-17(16)21(26)31;18-11-9-3-1-2-4-10(9)12(19)16(11)22-8-7-15-6-5-14-13(15)17(20)21;/h1-10,13H,11-12H2;1-6H,7-8H2;1H/t13-;;/m1../s1. The first-order chi connectivity index (χ1) is 27.0. The summed E-state index contributed by atoms with van der Waals surface area (Å²) in [7, 11) is 0. The van der Waals surface area contributed by atoms with Crippen LogP contribution in [0.4, 0.5) is 11.9 Å². The molecule has 0 saturated heterocycles. The molecule has 1 atom stereocenters. The lowest BCUT2D eigenvalue weighted by atomic mass is 10.1. The Hall–Kier alpha value is -7.78. The van der Waals surface area contributed by atoms with Crippen molar-refractivity contribution in [1.82, 2.24) is 34.1 Å². The van der Waals surface area contributed by atoms with E-state index in [1.807, 2.05) is 0 Å². The molecule has 5 heterocycles. The molecule has 2 aromatic heterocycles. The van der Waals surface area contributed by atoms with Gasteiger partial charge in [-0.3, -0.25) is 43.3 Å². The molecule has 21 nitrogen and oxygen atoms in total. The lowest BCUT2D eigenvalue weighted by Gasteiger charge is -2.25. The summed E-state index contributed by atoms with van der Waals surface area (Å²) in [6.45, 7) is -0.626. The van der Waals surface area contributed by atoms with Gasteiger partial charge < -0.3 is 20.2 Å². The lowest BCUT2D eigenvalue weighted by Crippen LogP contribution is -2.44. The molecule has 0 radical (unpaired) electrons. The fourth-order valence-corrected chi connectivity index (χ4v) is 6.14. The van der Waals surface area contributed by atoms with Crippen molar-refractivity contribution in [3.05, 3.63) is 151 Å². The number of benzene rings is 3. The third-order valence-corrected chi connectivity index (χ3v) is 8.70. The van der Waals surface area contributed by atoms with Crippen molar-refractivity contribution in [1.29, 1.82) is 0 Å². The van der Waals surface area contributed by atoms with Crippen LogP contribution in [0.5, 0.6) is 0 Å². The summed E-state index contributed by atoms with van der Waals surface area (Å²) in [5.74, 6) is -4.49. The van der Waals surface area contributed by atoms with Crippen molar-refractivity contribution >= 4 is 47.3 Å². The summed E-state index contributed by atoms with van der Waals surface area (Å²) >= 11 is 0. The number of fused-ring (bicyclic) bond motifs is 3. The Labute approximate surface area is 314 Å². The predicted octanol–water partition coefficient (Wildman–Crippen LogP) is 2.95. The number of amides is 6. The molecule has 0 unspecified atom stereocenters. The highest BCUT2D eigenvalue weighted by atomic mass is 16.7. The summed E-state index contributed by atoms with van der Waals surface area (Å²) in [6, 6.07) is 18.8. The molecule has 6 amide bonds. The van der Waals surface area contributed by atoms with Crippen LogP contribution in [0, 0.1) is 20.2 Å². The maximum atomic E-state index is 12.8. The normalized spacial score (nSPS) is 14.8. The Morgan fingerprint density at radius 1 is 0.571 bits per heavy atom. The minimum absolute atomic E-state index is 0. The van der Waals surface area contributed by atoms with Crippen molar-refractivity contribution in [2.75, 3.05) is 13.2 Å². The number of nitro groups is 2. The Morgan fingerprint density at radius 2 is 0.964 bits per heavy atom. The molecule has 3 aliphatic rings. The van der Waals surface area contributed by atoms with E-state index in [9.17, 15) is 49.0 Å². The maximum absolute atomic E-state index is 12.8. The molecule has 56 heavy (non-hydrogen) atoms. The van der Waals surface area contributed by atoms with E-state index in [1.54, 1.807) is 48.5 Å². The fraction of sp³-hybridized carbons (Fsp3) is 0.143. The van der Waals surface area contributed by atoms with Gasteiger partial charge in [0.15, 0.2) is 0 Å². The number of imide groups is 3. The van der Waals surface area contributed by atoms with Gasteiger partial charge in [-0.15, -0.1) is 10.1 Å². The van der Waals surface area contributed by atoms with E-state index in [1.165, 1.54) is 53.6 Å². The molecule has 3 aliphatic heterocycles. The van der Waals surface area contributed by atoms with Crippen LogP contribution in [0.15, 0.2) is 97.6 Å². The zero-order valence-corrected chi connectivity index (χ0v) is 28.6. The van der Waals surface area contributed by atoms with Gasteiger partial charge >= 0.3 is 11.9 Å². The third-order valence-electron chi connectivity index (χ3n) is 8.70. The zero-order chi connectivity index (χ0) is 39.7. The molecule has 0 saturated carbocycles. The zero-order valence-electron chi connectivity index (χ0n) is 28.6. The van der Waals surface area contributed by atoms with Gasteiger partial charge in [0.05, 0.1) is 46.5 Å². The van der Waals surface area contributed by atoms with Crippen LogP contribution < -0.4 is 0 Å². The number of hydrogen-bond donors (Lipinski definition) is 0. The van der Waals surface area contributed by atoms with Gasteiger partial charge in [-0.1, -0.05) is 46.4 Å². The van der Waals surface area contributed by atoms with Gasteiger partial charge in [0.2, 0.25) is 0 Å². The smallest absolute Gasteiger partial charge is 0.390 e. The van der Waals surface area contributed by atoms with Crippen LogP contribution in [-0.4, -0.2) is 98.7 Å². The summed E-state index contributed by atoms with van der Waals surface area (Å²) in [6.07, 6.45) is 4.06. The van der Waals surface area contributed by atoms with Crippen molar-refractivity contribution in [3.63, 3.8) is 0 Å². The van der Waals surface area contributed by atoms with Gasteiger partial charge in [-0.2, -0.15) is 0 Å². The van der Waals surface area contributed by atoms with E-state index >= 15 is 0 Å². The highest BCUT2D eigenvalue weighted by Gasteiger charge is 2.42. The Balaban J connectivity index is 0.000000207. The van der Waals surface area contributed by atoms with Gasteiger partial charge in [-0.25, -0.2) is 9.13 Å². The Morgan fingerprint density at radius 3 is 1.41 bits per heavy atom. The summed E-state index contributed by atoms with van der Waals surface area (Å²) in [5.41, 5.74) is 1.25. The van der Waals surface area contributed by atoms with Gasteiger partial charge in [0.1, 0.15) is 44.0 Å². The van der Waals surface area contributed by atoms with Crippen LogP contribution in [0.2, 0.25) is 0 Å².